The number of amides is 1. The minimum atomic E-state index is -0.0437. The van der Waals surface area contributed by atoms with Crippen molar-refractivity contribution >= 4 is 39.3 Å². The molecule has 1 N–H and O–H groups in total. The number of carbonyl (C=O) groups is 1. The van der Waals surface area contributed by atoms with Crippen LogP contribution in [-0.2, 0) is 17.8 Å². The number of hydrogen-bond donors (Lipinski definition) is 1. The number of benzene rings is 1. The third kappa shape index (κ3) is 7.30. The van der Waals surface area contributed by atoms with Crippen molar-refractivity contribution in [1.29, 1.82) is 0 Å². The molecule has 29 heavy (non-hydrogen) atoms. The lowest BCUT2D eigenvalue weighted by molar-refractivity contribution is -0.113. The Labute approximate surface area is 186 Å². The molecule has 0 aliphatic rings. The summed E-state index contributed by atoms with van der Waals surface area (Å²) in [7, 11) is 0. The van der Waals surface area contributed by atoms with Crippen molar-refractivity contribution in [3.8, 4) is 0 Å². The number of carbonyl (C=O) groups excluding carboxylic acids is 1. The topological polar surface area (TPSA) is 59.8 Å². The third-order valence-electron chi connectivity index (χ3n) is 4.70. The molecule has 0 fully saturated rings. The van der Waals surface area contributed by atoms with Gasteiger partial charge in [0, 0.05) is 23.1 Å². The number of nitrogens with one attached hydrogen (secondary N) is 1. The molecule has 1 aromatic carbocycles. The number of unbranched alkanes of at least 4 members (excludes halogenated alkanes) is 4. The van der Waals surface area contributed by atoms with Crippen LogP contribution in [0.25, 0.3) is 0 Å². The predicted molar refractivity (Wildman–Crippen MR) is 126 cm³/mol. The summed E-state index contributed by atoms with van der Waals surface area (Å²) in [6.07, 6.45) is 8.88. The maximum Gasteiger partial charge on any atom is 0.234 e. The van der Waals surface area contributed by atoms with E-state index in [4.69, 9.17) is 0 Å². The molecular formula is C22H31BrN4OS. The molecule has 1 amide bonds. The molecule has 0 bridgehead atoms. The highest BCUT2D eigenvalue weighted by atomic mass is 79.9. The maximum absolute atomic E-state index is 12.5. The van der Waals surface area contributed by atoms with Crippen molar-refractivity contribution in [2.75, 3.05) is 11.1 Å². The van der Waals surface area contributed by atoms with Crippen LogP contribution in [0.5, 0.6) is 0 Å². The molecule has 1 aromatic heterocycles. The first-order chi connectivity index (χ1) is 14.0. The van der Waals surface area contributed by atoms with E-state index in [1.807, 2.05) is 32.1 Å². The Bertz CT molecular complexity index is 811. The van der Waals surface area contributed by atoms with E-state index in [-0.39, 0.29) is 5.91 Å². The molecule has 2 aromatic rings. The Balaban J connectivity index is 1.95. The first kappa shape index (κ1) is 23.7. The maximum atomic E-state index is 12.5. The van der Waals surface area contributed by atoms with Crippen LogP contribution in [0.2, 0.25) is 0 Å². The van der Waals surface area contributed by atoms with Gasteiger partial charge in [0.05, 0.1) is 5.75 Å². The number of allylic oxidation sites excluding steroid dienone is 1. The van der Waals surface area contributed by atoms with Gasteiger partial charge in [0.2, 0.25) is 5.91 Å². The van der Waals surface area contributed by atoms with E-state index in [0.29, 0.717) is 12.3 Å². The molecule has 7 heteroatoms. The second kappa shape index (κ2) is 12.2. The second-order valence-corrected chi connectivity index (χ2v) is 9.07. The summed E-state index contributed by atoms with van der Waals surface area (Å²) in [6.45, 7) is 10.7. The number of hydrogen-bond acceptors (Lipinski definition) is 4. The SMILES string of the molecule is C=CCn1c(CCCCCCC)nnc1SCC(=O)Nc1c(C)cc(Br)cc1C. The Kier molecular flexibility index (Phi) is 9.94. The van der Waals surface area contributed by atoms with Gasteiger partial charge in [0.25, 0.3) is 0 Å². The molecular weight excluding hydrogens is 448 g/mol. The van der Waals surface area contributed by atoms with Crippen molar-refractivity contribution < 1.29 is 4.79 Å². The highest BCUT2D eigenvalue weighted by molar-refractivity contribution is 9.10. The van der Waals surface area contributed by atoms with Crippen LogP contribution in [0.15, 0.2) is 34.4 Å². The van der Waals surface area contributed by atoms with Crippen molar-refractivity contribution in [2.45, 2.75) is 71.0 Å². The minimum absolute atomic E-state index is 0.0437. The number of aromatic nitrogens is 3. The smallest absolute Gasteiger partial charge is 0.234 e. The number of nitrogens with zero attached hydrogens (tertiary/aromatic N) is 3. The zero-order chi connectivity index (χ0) is 21.2. The summed E-state index contributed by atoms with van der Waals surface area (Å²) >= 11 is 4.90. The fourth-order valence-electron chi connectivity index (χ4n) is 3.22. The molecule has 0 spiro atoms. The van der Waals surface area contributed by atoms with Gasteiger partial charge in [-0.05, 0) is 43.5 Å². The van der Waals surface area contributed by atoms with E-state index in [0.717, 1.165) is 45.1 Å². The molecule has 0 saturated carbocycles. The fourth-order valence-corrected chi connectivity index (χ4v) is 4.68. The summed E-state index contributed by atoms with van der Waals surface area (Å²) in [4.78, 5) is 12.5. The molecule has 2 rings (SSSR count). The minimum Gasteiger partial charge on any atom is -0.325 e. The Morgan fingerprint density at radius 2 is 1.90 bits per heavy atom. The van der Waals surface area contributed by atoms with Gasteiger partial charge in [-0.1, -0.05) is 66.4 Å². The third-order valence-corrected chi connectivity index (χ3v) is 6.13. The van der Waals surface area contributed by atoms with Crippen molar-refractivity contribution in [3.05, 3.63) is 46.2 Å². The van der Waals surface area contributed by atoms with E-state index in [1.165, 1.54) is 37.4 Å². The van der Waals surface area contributed by atoms with Gasteiger partial charge in [-0.3, -0.25) is 4.79 Å². The van der Waals surface area contributed by atoms with Crippen molar-refractivity contribution in [3.63, 3.8) is 0 Å². The van der Waals surface area contributed by atoms with Gasteiger partial charge >= 0.3 is 0 Å². The number of rotatable bonds is 12. The van der Waals surface area contributed by atoms with Crippen molar-refractivity contribution in [2.24, 2.45) is 0 Å². The van der Waals surface area contributed by atoms with Crippen molar-refractivity contribution in [1.82, 2.24) is 14.8 Å². The number of aryl methyl sites for hydroxylation is 3. The Hall–Kier alpha value is -1.60. The molecule has 0 aliphatic heterocycles. The average molecular weight is 479 g/mol. The summed E-state index contributed by atoms with van der Waals surface area (Å²) in [5.41, 5.74) is 2.95. The summed E-state index contributed by atoms with van der Waals surface area (Å²) in [5, 5.41) is 12.5. The molecule has 0 atom stereocenters. The quantitative estimate of drug-likeness (QED) is 0.228. The molecule has 0 radical (unpaired) electrons. The lowest BCUT2D eigenvalue weighted by Gasteiger charge is -2.12. The first-order valence-electron chi connectivity index (χ1n) is 10.2. The van der Waals surface area contributed by atoms with Crippen LogP contribution in [0, 0.1) is 13.8 Å². The molecule has 158 valence electrons. The number of halogens is 1. The second-order valence-electron chi connectivity index (χ2n) is 7.21. The monoisotopic (exact) mass is 478 g/mol. The lowest BCUT2D eigenvalue weighted by Crippen LogP contribution is -2.16. The van der Waals surface area contributed by atoms with Gasteiger partial charge in [-0.2, -0.15) is 0 Å². The fraction of sp³-hybridized carbons (Fsp3) is 0.500. The largest absolute Gasteiger partial charge is 0.325 e. The normalized spacial score (nSPS) is 10.9. The first-order valence-corrected chi connectivity index (χ1v) is 12.0. The van der Waals surface area contributed by atoms with Crippen LogP contribution in [0.4, 0.5) is 5.69 Å². The van der Waals surface area contributed by atoms with Gasteiger partial charge in [0.1, 0.15) is 5.82 Å². The standard InChI is InChI=1S/C22H31BrN4OS/c1-5-7-8-9-10-11-19-25-26-22(27(19)12-6-2)29-15-20(28)24-21-16(3)13-18(23)14-17(21)4/h6,13-14H,2,5,7-12,15H2,1,3-4H3,(H,24,28). The number of anilines is 1. The van der Waals surface area contributed by atoms with Crippen LogP contribution in [0.1, 0.15) is 56.0 Å². The summed E-state index contributed by atoms with van der Waals surface area (Å²) in [5.74, 6) is 1.22. The summed E-state index contributed by atoms with van der Waals surface area (Å²) < 4.78 is 3.08. The molecule has 0 saturated heterocycles. The Morgan fingerprint density at radius 3 is 2.55 bits per heavy atom. The molecule has 0 aliphatic carbocycles. The van der Waals surface area contributed by atoms with Crippen LogP contribution in [0.3, 0.4) is 0 Å². The van der Waals surface area contributed by atoms with E-state index < -0.39 is 0 Å². The highest BCUT2D eigenvalue weighted by Crippen LogP contribution is 2.26. The highest BCUT2D eigenvalue weighted by Gasteiger charge is 2.14. The van der Waals surface area contributed by atoms with E-state index in [9.17, 15) is 4.79 Å². The van der Waals surface area contributed by atoms with Gasteiger partial charge in [-0.15, -0.1) is 16.8 Å². The van der Waals surface area contributed by atoms with E-state index >= 15 is 0 Å². The van der Waals surface area contributed by atoms with Gasteiger partial charge in [0.15, 0.2) is 5.16 Å². The zero-order valence-electron chi connectivity index (χ0n) is 17.6. The number of thioether (sulfide) groups is 1. The Morgan fingerprint density at radius 1 is 1.21 bits per heavy atom. The molecule has 5 nitrogen and oxygen atoms in total. The predicted octanol–water partition coefficient (Wildman–Crippen LogP) is 6.09. The van der Waals surface area contributed by atoms with Gasteiger partial charge < -0.3 is 9.88 Å². The molecule has 0 unspecified atom stereocenters. The van der Waals surface area contributed by atoms with Crippen LogP contribution in [-0.4, -0.2) is 26.4 Å². The average Bonchev–Trinajstić information content (AvgIpc) is 3.05. The lowest BCUT2D eigenvalue weighted by atomic mass is 10.1. The van der Waals surface area contributed by atoms with E-state index in [1.54, 1.807) is 0 Å². The zero-order valence-corrected chi connectivity index (χ0v) is 20.0. The van der Waals surface area contributed by atoms with Gasteiger partial charge in [-0.25, -0.2) is 0 Å². The molecule has 1 heterocycles. The van der Waals surface area contributed by atoms with E-state index in [2.05, 4.69) is 49.5 Å². The van der Waals surface area contributed by atoms with Crippen LogP contribution < -0.4 is 5.32 Å². The summed E-state index contributed by atoms with van der Waals surface area (Å²) in [6, 6.07) is 4.01. The van der Waals surface area contributed by atoms with Crippen LogP contribution >= 0.6 is 27.7 Å².